The van der Waals surface area contributed by atoms with Gasteiger partial charge in [0.05, 0.1) is 12.8 Å². The highest BCUT2D eigenvalue weighted by atomic mass is 79.9. The van der Waals surface area contributed by atoms with Gasteiger partial charge in [0.2, 0.25) is 0 Å². The van der Waals surface area contributed by atoms with Gasteiger partial charge in [0, 0.05) is 0 Å². The van der Waals surface area contributed by atoms with Crippen molar-refractivity contribution in [3.63, 3.8) is 0 Å². The summed E-state index contributed by atoms with van der Waals surface area (Å²) >= 11 is 3.12. The van der Waals surface area contributed by atoms with E-state index in [0.29, 0.717) is 16.8 Å². The minimum atomic E-state index is -0.367. The smallest absolute Gasteiger partial charge is 0.342 e. The average molecular weight is 249 g/mol. The number of H-pyrrole nitrogens is 1. The predicted octanol–water partition coefficient (Wildman–Crippen LogP) is 2.38. The van der Waals surface area contributed by atoms with Crippen LogP contribution in [0.25, 0.3) is 0 Å². The summed E-state index contributed by atoms with van der Waals surface area (Å²) in [7, 11) is 0. The Balaban J connectivity index is 0.000000671. The number of aromatic amines is 1. The van der Waals surface area contributed by atoms with E-state index in [1.165, 1.54) is 6.20 Å². The maximum atomic E-state index is 11.0. The van der Waals surface area contributed by atoms with Crippen LogP contribution in [0, 0.1) is 0 Å². The molecule has 0 radical (unpaired) electrons. The van der Waals surface area contributed by atoms with Crippen LogP contribution in [0.3, 0.4) is 0 Å². The summed E-state index contributed by atoms with van der Waals surface area (Å²) in [4.78, 5) is 11.0. The van der Waals surface area contributed by atoms with Gasteiger partial charge in [-0.25, -0.2) is 4.79 Å². The maximum absolute atomic E-state index is 11.0. The number of hydrogen-bond acceptors (Lipinski definition) is 3. The number of rotatable bonds is 2. The zero-order valence-electron chi connectivity index (χ0n) is 7.93. The largest absolute Gasteiger partial charge is 0.462 e. The molecule has 5 heteroatoms. The number of carbonyl (C=O) groups is 1. The fourth-order valence-corrected chi connectivity index (χ4v) is 0.988. The number of esters is 1. The summed E-state index contributed by atoms with van der Waals surface area (Å²) in [5.41, 5.74) is 0.423. The molecule has 0 bridgehead atoms. The molecular weight excluding hydrogens is 236 g/mol. The Morgan fingerprint density at radius 3 is 2.69 bits per heavy atom. The first-order valence-electron chi connectivity index (χ1n) is 4.11. The molecular formula is C8H13BrN2O2. The van der Waals surface area contributed by atoms with Crippen LogP contribution in [0.15, 0.2) is 10.8 Å². The summed E-state index contributed by atoms with van der Waals surface area (Å²) in [5.74, 6) is -0.367. The second-order valence-electron chi connectivity index (χ2n) is 1.82. The number of nitrogens with zero attached hydrogens (tertiary/aromatic N) is 1. The molecule has 0 fully saturated rings. The molecule has 4 nitrogen and oxygen atoms in total. The van der Waals surface area contributed by atoms with Crippen molar-refractivity contribution in [2.45, 2.75) is 20.8 Å². The van der Waals surface area contributed by atoms with E-state index >= 15 is 0 Å². The van der Waals surface area contributed by atoms with Gasteiger partial charge in [-0.2, -0.15) is 5.10 Å². The predicted molar refractivity (Wildman–Crippen MR) is 53.6 cm³/mol. The SMILES string of the molecule is CC.CCOC(=O)c1cn[nH]c1Br. The Morgan fingerprint density at radius 2 is 2.31 bits per heavy atom. The number of nitrogens with one attached hydrogen (secondary N) is 1. The first kappa shape index (κ1) is 12.2. The van der Waals surface area contributed by atoms with Crippen molar-refractivity contribution in [3.05, 3.63) is 16.4 Å². The number of aromatic nitrogens is 2. The highest BCUT2D eigenvalue weighted by Crippen LogP contribution is 2.12. The van der Waals surface area contributed by atoms with Crippen molar-refractivity contribution < 1.29 is 9.53 Å². The molecule has 1 aromatic rings. The number of carbonyl (C=O) groups excluding carboxylic acids is 1. The van der Waals surface area contributed by atoms with Crippen molar-refractivity contribution in [2.24, 2.45) is 0 Å². The van der Waals surface area contributed by atoms with E-state index in [9.17, 15) is 4.79 Å². The maximum Gasteiger partial charge on any atom is 0.342 e. The number of hydrogen-bond donors (Lipinski definition) is 1. The Bertz CT molecular complexity index is 260. The molecule has 0 atom stereocenters. The molecule has 0 saturated carbocycles. The van der Waals surface area contributed by atoms with Gasteiger partial charge in [-0.1, -0.05) is 13.8 Å². The van der Waals surface area contributed by atoms with Crippen LogP contribution in [0.4, 0.5) is 0 Å². The van der Waals surface area contributed by atoms with E-state index in [1.807, 2.05) is 13.8 Å². The van der Waals surface area contributed by atoms with Gasteiger partial charge in [-0.05, 0) is 22.9 Å². The normalized spacial score (nSPS) is 8.62. The monoisotopic (exact) mass is 248 g/mol. The summed E-state index contributed by atoms with van der Waals surface area (Å²) in [5, 5.41) is 6.23. The summed E-state index contributed by atoms with van der Waals surface area (Å²) in [6, 6.07) is 0. The molecule has 0 aliphatic rings. The first-order valence-corrected chi connectivity index (χ1v) is 4.91. The van der Waals surface area contributed by atoms with Crippen LogP contribution in [0.5, 0.6) is 0 Å². The molecule has 0 aliphatic heterocycles. The van der Waals surface area contributed by atoms with Crippen molar-refractivity contribution >= 4 is 21.9 Å². The van der Waals surface area contributed by atoms with Crippen LogP contribution in [0.2, 0.25) is 0 Å². The standard InChI is InChI=1S/C6H7BrN2O2.C2H6/c1-2-11-6(10)4-3-8-9-5(4)7;1-2/h3H,2H2,1H3,(H,8,9);1-2H3. The van der Waals surface area contributed by atoms with E-state index in [-0.39, 0.29) is 5.97 Å². The molecule has 0 unspecified atom stereocenters. The third-order valence-electron chi connectivity index (χ3n) is 1.09. The average Bonchev–Trinajstić information content (AvgIpc) is 2.55. The first-order chi connectivity index (χ1) is 6.25. The van der Waals surface area contributed by atoms with Crippen LogP contribution >= 0.6 is 15.9 Å². The van der Waals surface area contributed by atoms with Crippen LogP contribution in [-0.4, -0.2) is 22.8 Å². The van der Waals surface area contributed by atoms with Crippen molar-refractivity contribution in [2.75, 3.05) is 6.61 Å². The van der Waals surface area contributed by atoms with Gasteiger partial charge in [-0.3, -0.25) is 5.10 Å². The van der Waals surface area contributed by atoms with E-state index in [4.69, 9.17) is 4.74 Å². The lowest BCUT2D eigenvalue weighted by molar-refractivity contribution is 0.0525. The minimum Gasteiger partial charge on any atom is -0.462 e. The highest BCUT2D eigenvalue weighted by Gasteiger charge is 2.11. The molecule has 0 spiro atoms. The molecule has 1 aromatic heterocycles. The molecule has 1 N–H and O–H groups in total. The van der Waals surface area contributed by atoms with Gasteiger partial charge >= 0.3 is 5.97 Å². The third-order valence-corrected chi connectivity index (χ3v) is 1.69. The number of halogens is 1. The molecule has 1 heterocycles. The van der Waals surface area contributed by atoms with Gasteiger partial charge in [0.15, 0.2) is 0 Å². The van der Waals surface area contributed by atoms with Gasteiger partial charge in [0.25, 0.3) is 0 Å². The molecule has 74 valence electrons. The second kappa shape index (κ2) is 6.65. The molecule has 0 aromatic carbocycles. The van der Waals surface area contributed by atoms with E-state index < -0.39 is 0 Å². The summed E-state index contributed by atoms with van der Waals surface area (Å²) in [6.07, 6.45) is 1.42. The summed E-state index contributed by atoms with van der Waals surface area (Å²) < 4.78 is 5.29. The lowest BCUT2D eigenvalue weighted by Gasteiger charge is -1.97. The topological polar surface area (TPSA) is 55.0 Å². The molecule has 0 aliphatic carbocycles. The fraction of sp³-hybridized carbons (Fsp3) is 0.500. The lowest BCUT2D eigenvalue weighted by Crippen LogP contribution is -2.03. The van der Waals surface area contributed by atoms with Crippen molar-refractivity contribution in [1.82, 2.24) is 10.2 Å². The second-order valence-corrected chi connectivity index (χ2v) is 2.61. The van der Waals surface area contributed by atoms with Crippen molar-refractivity contribution in [3.8, 4) is 0 Å². The van der Waals surface area contributed by atoms with Crippen LogP contribution in [0.1, 0.15) is 31.1 Å². The van der Waals surface area contributed by atoms with Crippen LogP contribution in [-0.2, 0) is 4.74 Å². The zero-order chi connectivity index (χ0) is 10.3. The van der Waals surface area contributed by atoms with Crippen LogP contribution < -0.4 is 0 Å². The zero-order valence-corrected chi connectivity index (χ0v) is 9.51. The van der Waals surface area contributed by atoms with E-state index in [0.717, 1.165) is 0 Å². The van der Waals surface area contributed by atoms with Gasteiger partial charge in [0.1, 0.15) is 10.2 Å². The molecule has 13 heavy (non-hydrogen) atoms. The highest BCUT2D eigenvalue weighted by molar-refractivity contribution is 9.10. The lowest BCUT2D eigenvalue weighted by atomic mass is 10.4. The number of ether oxygens (including phenoxy) is 1. The van der Waals surface area contributed by atoms with Crippen molar-refractivity contribution in [1.29, 1.82) is 0 Å². The Kier molecular flexibility index (Phi) is 6.22. The Labute approximate surface area is 85.8 Å². The third kappa shape index (κ3) is 3.59. The molecule has 1 rings (SSSR count). The summed E-state index contributed by atoms with van der Waals surface area (Å²) in [6.45, 7) is 6.13. The van der Waals surface area contributed by atoms with E-state index in [2.05, 4.69) is 26.1 Å². The van der Waals surface area contributed by atoms with Gasteiger partial charge in [-0.15, -0.1) is 0 Å². The van der Waals surface area contributed by atoms with E-state index in [1.54, 1.807) is 6.92 Å². The Morgan fingerprint density at radius 1 is 1.69 bits per heavy atom. The quantitative estimate of drug-likeness (QED) is 0.818. The fourth-order valence-electron chi connectivity index (χ4n) is 0.622. The molecule has 0 amide bonds. The minimum absolute atomic E-state index is 0.367. The molecule has 0 saturated heterocycles. The Hall–Kier alpha value is -0.840. The van der Waals surface area contributed by atoms with Gasteiger partial charge < -0.3 is 4.74 Å².